The number of anilines is 3. The molecular weight excluding hydrogens is 581 g/mol. The number of aromatic nitrogens is 1. The molecule has 0 aliphatic rings. The van der Waals surface area contributed by atoms with E-state index in [0.29, 0.717) is 0 Å². The monoisotopic (exact) mass is 610 g/mol. The zero-order valence-electron chi connectivity index (χ0n) is 26.2. The van der Waals surface area contributed by atoms with Crippen LogP contribution >= 0.6 is 0 Å². The van der Waals surface area contributed by atoms with E-state index >= 15 is 0 Å². The number of para-hydroxylation sites is 3. The van der Waals surface area contributed by atoms with Gasteiger partial charge in [-0.1, -0.05) is 140 Å². The number of hydrogen-bond donors (Lipinski definition) is 0. The molecule has 0 bridgehead atoms. The van der Waals surface area contributed by atoms with Crippen LogP contribution < -0.4 is 4.90 Å². The number of hydrogen-bond acceptors (Lipinski definition) is 1. The first-order chi connectivity index (χ1) is 23.8. The Hall–Kier alpha value is -6.38. The molecule has 9 aromatic carbocycles. The zero-order valence-corrected chi connectivity index (χ0v) is 26.2. The lowest BCUT2D eigenvalue weighted by molar-refractivity contribution is 1.17. The molecule has 0 fully saturated rings. The third-order valence-electron chi connectivity index (χ3n) is 9.92. The predicted octanol–water partition coefficient (Wildman–Crippen LogP) is 12.9. The molecule has 0 atom stereocenters. The summed E-state index contributed by atoms with van der Waals surface area (Å²) in [5, 5.41) is 12.5. The van der Waals surface area contributed by atoms with Gasteiger partial charge in [0.15, 0.2) is 0 Å². The summed E-state index contributed by atoms with van der Waals surface area (Å²) >= 11 is 0. The standard InChI is InChI=1S/C46H30N2/c1-2-15-34(16-3-1)48-44-21-9-8-19-41(44)42-20-11-23-45(46(42)48)47(43-22-10-14-31-12-5-7-18-38(31)43)35-26-29-37-33(30-35)25-28-39-36-17-6-4-13-32(36)24-27-40(37)39/h1-30H. The Kier molecular flexibility index (Phi) is 5.91. The fraction of sp³-hybridized carbons (Fsp3) is 0. The van der Waals surface area contributed by atoms with E-state index in [1.54, 1.807) is 0 Å². The van der Waals surface area contributed by atoms with E-state index in [9.17, 15) is 0 Å². The van der Waals surface area contributed by atoms with Crippen LogP contribution in [0.4, 0.5) is 17.1 Å². The summed E-state index contributed by atoms with van der Waals surface area (Å²) in [6.07, 6.45) is 0. The largest absolute Gasteiger partial charge is 0.308 e. The molecule has 0 saturated carbocycles. The van der Waals surface area contributed by atoms with E-state index in [4.69, 9.17) is 0 Å². The zero-order chi connectivity index (χ0) is 31.6. The molecule has 1 aromatic heterocycles. The van der Waals surface area contributed by atoms with Crippen molar-refractivity contribution < 1.29 is 0 Å². The van der Waals surface area contributed by atoms with Crippen LogP contribution in [0.1, 0.15) is 0 Å². The molecule has 0 aliphatic heterocycles. The number of benzene rings is 9. The summed E-state index contributed by atoms with van der Waals surface area (Å²) in [6, 6.07) is 66.3. The minimum Gasteiger partial charge on any atom is -0.308 e. The fourth-order valence-electron chi connectivity index (χ4n) is 7.79. The molecule has 1 heterocycles. The minimum absolute atomic E-state index is 1.12. The van der Waals surface area contributed by atoms with Gasteiger partial charge in [-0.05, 0) is 80.2 Å². The first-order valence-electron chi connectivity index (χ1n) is 16.5. The summed E-state index contributed by atoms with van der Waals surface area (Å²) in [7, 11) is 0. The molecule has 2 nitrogen and oxygen atoms in total. The van der Waals surface area contributed by atoms with Crippen molar-refractivity contribution in [3.05, 3.63) is 182 Å². The maximum atomic E-state index is 2.47. The van der Waals surface area contributed by atoms with Gasteiger partial charge in [0, 0.05) is 27.5 Å². The van der Waals surface area contributed by atoms with Crippen LogP contribution in [0.2, 0.25) is 0 Å². The van der Waals surface area contributed by atoms with E-state index in [1.807, 2.05) is 0 Å². The summed E-state index contributed by atoms with van der Waals surface area (Å²) in [5.74, 6) is 0. The van der Waals surface area contributed by atoms with Crippen molar-refractivity contribution in [2.24, 2.45) is 0 Å². The molecule has 10 aromatic rings. The average molecular weight is 611 g/mol. The van der Waals surface area contributed by atoms with Gasteiger partial charge in [-0.25, -0.2) is 0 Å². The van der Waals surface area contributed by atoms with E-state index in [2.05, 4.69) is 191 Å². The van der Waals surface area contributed by atoms with Gasteiger partial charge in [-0.15, -0.1) is 0 Å². The van der Waals surface area contributed by atoms with Gasteiger partial charge in [0.2, 0.25) is 0 Å². The number of rotatable bonds is 4. The van der Waals surface area contributed by atoms with Crippen LogP contribution in [0.5, 0.6) is 0 Å². The summed E-state index contributed by atoms with van der Waals surface area (Å²) < 4.78 is 2.43. The van der Waals surface area contributed by atoms with Crippen molar-refractivity contribution in [1.82, 2.24) is 4.57 Å². The molecule has 0 N–H and O–H groups in total. The Labute approximate surface area is 278 Å². The summed E-state index contributed by atoms with van der Waals surface area (Å²) in [6.45, 7) is 0. The molecule has 0 unspecified atom stereocenters. The Morgan fingerprint density at radius 3 is 1.73 bits per heavy atom. The summed E-state index contributed by atoms with van der Waals surface area (Å²) in [5.41, 5.74) is 6.93. The first-order valence-corrected chi connectivity index (χ1v) is 16.5. The quantitative estimate of drug-likeness (QED) is 0.180. The highest BCUT2D eigenvalue weighted by Crippen LogP contribution is 2.46. The molecule has 224 valence electrons. The molecule has 0 aliphatic carbocycles. The second-order valence-corrected chi connectivity index (χ2v) is 12.5. The van der Waals surface area contributed by atoms with Crippen molar-refractivity contribution >= 4 is 82.0 Å². The smallest absolute Gasteiger partial charge is 0.0782 e. The fourth-order valence-corrected chi connectivity index (χ4v) is 7.79. The van der Waals surface area contributed by atoms with Crippen molar-refractivity contribution in [3.63, 3.8) is 0 Å². The molecule has 2 heteroatoms. The molecule has 0 amide bonds. The summed E-state index contributed by atoms with van der Waals surface area (Å²) in [4.78, 5) is 2.47. The Balaban J connectivity index is 1.30. The van der Waals surface area contributed by atoms with Gasteiger partial charge in [-0.2, -0.15) is 0 Å². The molecule has 48 heavy (non-hydrogen) atoms. The van der Waals surface area contributed by atoms with Crippen LogP contribution in [-0.4, -0.2) is 4.57 Å². The van der Waals surface area contributed by atoms with Gasteiger partial charge in [0.25, 0.3) is 0 Å². The Bertz CT molecular complexity index is 2840. The second kappa shape index (κ2) is 10.6. The number of fused-ring (bicyclic) bond motifs is 9. The van der Waals surface area contributed by atoms with E-state index < -0.39 is 0 Å². The van der Waals surface area contributed by atoms with Crippen molar-refractivity contribution in [1.29, 1.82) is 0 Å². The van der Waals surface area contributed by atoms with Crippen molar-refractivity contribution in [2.45, 2.75) is 0 Å². The predicted molar refractivity (Wildman–Crippen MR) is 205 cm³/mol. The van der Waals surface area contributed by atoms with E-state index in [0.717, 1.165) is 22.7 Å². The average Bonchev–Trinajstić information content (AvgIpc) is 3.50. The highest BCUT2D eigenvalue weighted by molar-refractivity contribution is 6.19. The second-order valence-electron chi connectivity index (χ2n) is 12.5. The van der Waals surface area contributed by atoms with Crippen LogP contribution in [-0.2, 0) is 0 Å². The Morgan fingerprint density at radius 1 is 0.333 bits per heavy atom. The first kappa shape index (κ1) is 26.8. The van der Waals surface area contributed by atoms with Gasteiger partial charge >= 0.3 is 0 Å². The Morgan fingerprint density at radius 2 is 0.896 bits per heavy atom. The third kappa shape index (κ3) is 4.00. The lowest BCUT2D eigenvalue weighted by atomic mass is 9.96. The van der Waals surface area contributed by atoms with Gasteiger partial charge < -0.3 is 9.47 Å². The molecule has 0 saturated heterocycles. The van der Waals surface area contributed by atoms with Gasteiger partial charge in [0.05, 0.1) is 22.4 Å². The molecule has 0 radical (unpaired) electrons. The van der Waals surface area contributed by atoms with Gasteiger partial charge in [-0.3, -0.25) is 0 Å². The van der Waals surface area contributed by atoms with Crippen molar-refractivity contribution in [2.75, 3.05) is 4.90 Å². The highest BCUT2D eigenvalue weighted by Gasteiger charge is 2.23. The molecule has 10 rings (SSSR count). The van der Waals surface area contributed by atoms with Crippen LogP contribution in [0.15, 0.2) is 182 Å². The normalized spacial score (nSPS) is 11.8. The third-order valence-corrected chi connectivity index (χ3v) is 9.92. The molecular formula is C46H30N2. The maximum Gasteiger partial charge on any atom is 0.0782 e. The minimum atomic E-state index is 1.12. The topological polar surface area (TPSA) is 8.17 Å². The van der Waals surface area contributed by atoms with Gasteiger partial charge in [0.1, 0.15) is 0 Å². The number of nitrogens with zero attached hydrogens (tertiary/aromatic N) is 2. The van der Waals surface area contributed by atoms with Crippen LogP contribution in [0, 0.1) is 0 Å². The van der Waals surface area contributed by atoms with Crippen molar-refractivity contribution in [3.8, 4) is 5.69 Å². The van der Waals surface area contributed by atoms with Crippen LogP contribution in [0.3, 0.4) is 0 Å². The van der Waals surface area contributed by atoms with E-state index in [1.165, 1.54) is 64.9 Å². The maximum absolute atomic E-state index is 2.47. The lowest BCUT2D eigenvalue weighted by Crippen LogP contribution is -2.12. The van der Waals surface area contributed by atoms with Crippen LogP contribution in [0.25, 0.3) is 70.6 Å². The molecule has 0 spiro atoms. The lowest BCUT2D eigenvalue weighted by Gasteiger charge is -2.28. The SMILES string of the molecule is c1ccc(-n2c3ccccc3c3cccc(N(c4ccc5c(ccc6c7ccccc7ccc56)c4)c4cccc5ccccc45)c32)cc1. The highest BCUT2D eigenvalue weighted by atomic mass is 15.2. The van der Waals surface area contributed by atoms with E-state index in [-0.39, 0.29) is 0 Å².